The van der Waals surface area contributed by atoms with E-state index in [-0.39, 0.29) is 0 Å². The molecular formula is C17H24N2OS. The van der Waals surface area contributed by atoms with E-state index in [1.54, 1.807) is 0 Å². The van der Waals surface area contributed by atoms with Crippen LogP contribution < -0.4 is 5.32 Å². The van der Waals surface area contributed by atoms with Crippen molar-refractivity contribution < 1.29 is 4.74 Å². The molecule has 114 valence electrons. The molecule has 0 radical (unpaired) electrons. The third-order valence-electron chi connectivity index (χ3n) is 4.05. The summed E-state index contributed by atoms with van der Waals surface area (Å²) in [5, 5.41) is 7.26. The number of nitrogens with zero attached hydrogens (tertiary/aromatic N) is 1. The minimum absolute atomic E-state index is 0.472. The van der Waals surface area contributed by atoms with Crippen molar-refractivity contribution in [3.8, 4) is 0 Å². The number of fused-ring (bicyclic) bond motifs is 1. The fourth-order valence-electron chi connectivity index (χ4n) is 2.83. The molecule has 1 N–H and O–H groups in total. The first kappa shape index (κ1) is 15.0. The van der Waals surface area contributed by atoms with E-state index in [4.69, 9.17) is 4.74 Å². The summed E-state index contributed by atoms with van der Waals surface area (Å²) in [7, 11) is 0. The molecular weight excluding hydrogens is 280 g/mol. The van der Waals surface area contributed by atoms with Crippen LogP contribution in [0.5, 0.6) is 0 Å². The van der Waals surface area contributed by atoms with Crippen molar-refractivity contribution in [2.45, 2.75) is 32.5 Å². The number of ether oxygens (including phenoxy) is 1. The van der Waals surface area contributed by atoms with Gasteiger partial charge in [-0.05, 0) is 22.4 Å². The largest absolute Gasteiger partial charge is 0.378 e. The van der Waals surface area contributed by atoms with Crippen LogP contribution in [0.4, 0.5) is 0 Å². The molecule has 2 aromatic rings. The molecule has 3 nitrogen and oxygen atoms in total. The monoisotopic (exact) mass is 304 g/mol. The maximum absolute atomic E-state index is 5.67. The molecule has 1 aliphatic heterocycles. The lowest BCUT2D eigenvalue weighted by Gasteiger charge is -2.36. The Kier molecular flexibility index (Phi) is 4.91. The molecule has 0 spiro atoms. The second-order valence-corrected chi connectivity index (χ2v) is 6.93. The molecule has 1 aromatic carbocycles. The highest BCUT2D eigenvalue weighted by atomic mass is 32.1. The van der Waals surface area contributed by atoms with Crippen molar-refractivity contribution >= 4 is 21.4 Å². The molecule has 0 bridgehead atoms. The number of rotatable bonds is 5. The zero-order chi connectivity index (χ0) is 14.7. The number of benzene rings is 1. The molecule has 4 heteroatoms. The maximum atomic E-state index is 5.67. The molecule has 1 fully saturated rings. The Hall–Kier alpha value is -0.940. The van der Waals surface area contributed by atoms with Crippen LogP contribution in [0.25, 0.3) is 10.1 Å². The molecule has 1 unspecified atom stereocenters. The first-order valence-electron chi connectivity index (χ1n) is 7.74. The lowest BCUT2D eigenvalue weighted by molar-refractivity contribution is -0.0112. The SMILES string of the molecule is CC(C)NCC1COCCN1Cc1csc2ccccc12. The Morgan fingerprint density at radius 2 is 2.24 bits per heavy atom. The van der Waals surface area contributed by atoms with Crippen molar-refractivity contribution in [3.05, 3.63) is 35.2 Å². The van der Waals surface area contributed by atoms with Crippen molar-refractivity contribution in [1.82, 2.24) is 10.2 Å². The molecule has 3 rings (SSSR count). The third kappa shape index (κ3) is 3.64. The molecule has 0 saturated carbocycles. The zero-order valence-electron chi connectivity index (χ0n) is 12.8. The van der Waals surface area contributed by atoms with Gasteiger partial charge in [-0.2, -0.15) is 0 Å². The number of morpholine rings is 1. The average Bonchev–Trinajstić information content (AvgIpc) is 2.90. The Labute approximate surface area is 130 Å². The summed E-state index contributed by atoms with van der Waals surface area (Å²) in [5.41, 5.74) is 1.45. The Morgan fingerprint density at radius 3 is 3.10 bits per heavy atom. The fourth-order valence-corrected chi connectivity index (χ4v) is 3.79. The van der Waals surface area contributed by atoms with Gasteiger partial charge in [-0.3, -0.25) is 4.90 Å². The Morgan fingerprint density at radius 1 is 1.38 bits per heavy atom. The predicted octanol–water partition coefficient (Wildman–Crippen LogP) is 3.10. The van der Waals surface area contributed by atoms with E-state index in [1.165, 1.54) is 15.6 Å². The van der Waals surface area contributed by atoms with E-state index in [0.717, 1.165) is 32.8 Å². The van der Waals surface area contributed by atoms with Gasteiger partial charge in [0.15, 0.2) is 0 Å². The summed E-state index contributed by atoms with van der Waals surface area (Å²) < 4.78 is 7.06. The topological polar surface area (TPSA) is 24.5 Å². The van der Waals surface area contributed by atoms with Gasteiger partial charge in [0, 0.05) is 36.4 Å². The molecule has 1 atom stereocenters. The first-order valence-corrected chi connectivity index (χ1v) is 8.62. The van der Waals surface area contributed by atoms with Gasteiger partial charge in [0.1, 0.15) is 0 Å². The van der Waals surface area contributed by atoms with Crippen molar-refractivity contribution in [3.63, 3.8) is 0 Å². The number of hydrogen-bond acceptors (Lipinski definition) is 4. The van der Waals surface area contributed by atoms with Crippen LogP contribution in [-0.2, 0) is 11.3 Å². The second kappa shape index (κ2) is 6.88. The van der Waals surface area contributed by atoms with Crippen LogP contribution in [0.15, 0.2) is 29.6 Å². The normalized spacial score (nSPS) is 20.4. The summed E-state index contributed by atoms with van der Waals surface area (Å²) in [6.07, 6.45) is 0. The van der Waals surface area contributed by atoms with Crippen LogP contribution in [0.1, 0.15) is 19.4 Å². The predicted molar refractivity (Wildman–Crippen MR) is 90.0 cm³/mol. The summed E-state index contributed by atoms with van der Waals surface area (Å²) in [4.78, 5) is 2.56. The van der Waals surface area contributed by atoms with E-state index in [1.807, 2.05) is 11.3 Å². The number of thiophene rings is 1. The highest BCUT2D eigenvalue weighted by molar-refractivity contribution is 7.17. The minimum Gasteiger partial charge on any atom is -0.378 e. The Balaban J connectivity index is 1.72. The lowest BCUT2D eigenvalue weighted by atomic mass is 10.1. The van der Waals surface area contributed by atoms with Gasteiger partial charge >= 0.3 is 0 Å². The summed E-state index contributed by atoms with van der Waals surface area (Å²) in [6.45, 7) is 9.12. The molecule has 2 heterocycles. The smallest absolute Gasteiger partial charge is 0.0635 e. The zero-order valence-corrected chi connectivity index (χ0v) is 13.7. The Bertz CT molecular complexity index is 581. The number of nitrogens with one attached hydrogen (secondary N) is 1. The molecule has 1 aliphatic rings. The van der Waals surface area contributed by atoms with Gasteiger partial charge in [-0.1, -0.05) is 32.0 Å². The van der Waals surface area contributed by atoms with Gasteiger partial charge in [-0.15, -0.1) is 11.3 Å². The molecule has 1 aromatic heterocycles. The lowest BCUT2D eigenvalue weighted by Crippen LogP contribution is -2.50. The molecule has 1 saturated heterocycles. The number of hydrogen-bond donors (Lipinski definition) is 1. The highest BCUT2D eigenvalue weighted by Crippen LogP contribution is 2.27. The molecule has 0 amide bonds. The standard InChI is InChI=1S/C17H24N2OS/c1-13(2)18-9-15-11-20-8-7-19(15)10-14-12-21-17-6-4-3-5-16(14)17/h3-6,12-13,15,18H,7-11H2,1-2H3. The van der Waals surface area contributed by atoms with E-state index >= 15 is 0 Å². The van der Waals surface area contributed by atoms with Gasteiger partial charge in [-0.25, -0.2) is 0 Å². The van der Waals surface area contributed by atoms with Crippen LogP contribution >= 0.6 is 11.3 Å². The van der Waals surface area contributed by atoms with Crippen molar-refractivity contribution in [2.75, 3.05) is 26.3 Å². The van der Waals surface area contributed by atoms with Crippen LogP contribution in [0.3, 0.4) is 0 Å². The third-order valence-corrected chi connectivity index (χ3v) is 5.06. The first-order chi connectivity index (χ1) is 10.2. The van der Waals surface area contributed by atoms with Gasteiger partial charge in [0.25, 0.3) is 0 Å². The highest BCUT2D eigenvalue weighted by Gasteiger charge is 2.23. The van der Waals surface area contributed by atoms with Crippen molar-refractivity contribution in [2.24, 2.45) is 0 Å². The van der Waals surface area contributed by atoms with Crippen LogP contribution in [0, 0.1) is 0 Å². The van der Waals surface area contributed by atoms with Gasteiger partial charge < -0.3 is 10.1 Å². The van der Waals surface area contributed by atoms with E-state index in [0.29, 0.717) is 12.1 Å². The minimum atomic E-state index is 0.472. The van der Waals surface area contributed by atoms with E-state index in [9.17, 15) is 0 Å². The van der Waals surface area contributed by atoms with Crippen LogP contribution in [0.2, 0.25) is 0 Å². The molecule has 0 aliphatic carbocycles. The summed E-state index contributed by atoms with van der Waals surface area (Å²) in [5.74, 6) is 0. The van der Waals surface area contributed by atoms with Crippen LogP contribution in [-0.4, -0.2) is 43.3 Å². The molecule has 21 heavy (non-hydrogen) atoms. The van der Waals surface area contributed by atoms with E-state index in [2.05, 4.69) is 53.7 Å². The van der Waals surface area contributed by atoms with Gasteiger partial charge in [0.05, 0.1) is 13.2 Å². The maximum Gasteiger partial charge on any atom is 0.0635 e. The van der Waals surface area contributed by atoms with Crippen molar-refractivity contribution in [1.29, 1.82) is 0 Å². The van der Waals surface area contributed by atoms with Gasteiger partial charge in [0.2, 0.25) is 0 Å². The van der Waals surface area contributed by atoms with E-state index < -0.39 is 0 Å². The fraction of sp³-hybridized carbons (Fsp3) is 0.529. The summed E-state index contributed by atoms with van der Waals surface area (Å²) in [6, 6.07) is 9.70. The summed E-state index contributed by atoms with van der Waals surface area (Å²) >= 11 is 1.85. The quantitative estimate of drug-likeness (QED) is 0.918. The second-order valence-electron chi connectivity index (χ2n) is 6.02. The average molecular weight is 304 g/mol.